The zero-order valence-electron chi connectivity index (χ0n) is 9.88. The van der Waals surface area contributed by atoms with E-state index in [1.165, 1.54) is 31.4 Å². The molecule has 96 valence electrons. The van der Waals surface area contributed by atoms with Crippen molar-refractivity contribution in [2.24, 2.45) is 0 Å². The highest BCUT2D eigenvalue weighted by atomic mass is 19.1. The summed E-state index contributed by atoms with van der Waals surface area (Å²) < 4.78 is 22.7. The first-order valence-corrected chi connectivity index (χ1v) is 5.24. The predicted octanol–water partition coefficient (Wildman–Crippen LogP) is 1.95. The molecule has 1 unspecified atom stereocenters. The fourth-order valence-corrected chi connectivity index (χ4v) is 1.72. The first-order valence-electron chi connectivity index (χ1n) is 5.24. The van der Waals surface area contributed by atoms with Crippen LogP contribution < -0.4 is 0 Å². The lowest BCUT2D eigenvalue weighted by atomic mass is 10.2. The number of hydrogen-bond acceptors (Lipinski definition) is 5. The van der Waals surface area contributed by atoms with E-state index in [2.05, 4.69) is 4.74 Å². The van der Waals surface area contributed by atoms with E-state index in [0.29, 0.717) is 10.6 Å². The van der Waals surface area contributed by atoms with Crippen LogP contribution in [0.25, 0.3) is 0 Å². The van der Waals surface area contributed by atoms with E-state index in [-0.39, 0.29) is 17.3 Å². The molecule has 0 saturated carbocycles. The zero-order chi connectivity index (χ0) is 13.3. The SMILES string of the molecule is COC(=O)C1=C(C)OC(c2ccc(F)cc2)N1O. The third kappa shape index (κ3) is 2.02. The number of hydroxylamine groups is 2. The summed E-state index contributed by atoms with van der Waals surface area (Å²) in [6.45, 7) is 1.54. The molecule has 0 amide bonds. The van der Waals surface area contributed by atoms with Crippen molar-refractivity contribution in [2.75, 3.05) is 7.11 Å². The van der Waals surface area contributed by atoms with Crippen LogP contribution in [0.4, 0.5) is 4.39 Å². The van der Waals surface area contributed by atoms with Crippen LogP contribution >= 0.6 is 0 Å². The number of halogens is 1. The lowest BCUT2D eigenvalue weighted by Gasteiger charge is -2.20. The topological polar surface area (TPSA) is 59.0 Å². The average Bonchev–Trinajstić information content (AvgIpc) is 2.65. The summed E-state index contributed by atoms with van der Waals surface area (Å²) in [7, 11) is 1.21. The van der Waals surface area contributed by atoms with Gasteiger partial charge in [0.1, 0.15) is 11.6 Å². The fraction of sp³-hybridized carbons (Fsp3) is 0.250. The third-order valence-corrected chi connectivity index (χ3v) is 2.61. The van der Waals surface area contributed by atoms with Gasteiger partial charge in [0.05, 0.1) is 7.11 Å². The lowest BCUT2D eigenvalue weighted by Crippen LogP contribution is -2.25. The van der Waals surface area contributed by atoms with E-state index in [1.54, 1.807) is 6.92 Å². The molecule has 1 N–H and O–H groups in total. The summed E-state index contributed by atoms with van der Waals surface area (Å²) in [6, 6.07) is 5.43. The number of carbonyl (C=O) groups is 1. The van der Waals surface area contributed by atoms with Gasteiger partial charge < -0.3 is 9.47 Å². The quantitative estimate of drug-likeness (QED) is 0.816. The first kappa shape index (κ1) is 12.4. The van der Waals surface area contributed by atoms with Gasteiger partial charge in [-0.15, -0.1) is 0 Å². The normalized spacial score (nSPS) is 18.9. The Labute approximate surface area is 103 Å². The summed E-state index contributed by atoms with van der Waals surface area (Å²) >= 11 is 0. The Morgan fingerprint density at radius 1 is 1.44 bits per heavy atom. The maximum atomic E-state index is 12.8. The van der Waals surface area contributed by atoms with Crippen molar-refractivity contribution in [1.82, 2.24) is 5.06 Å². The van der Waals surface area contributed by atoms with Gasteiger partial charge in [-0.2, -0.15) is 0 Å². The van der Waals surface area contributed by atoms with Crippen molar-refractivity contribution in [2.45, 2.75) is 13.2 Å². The van der Waals surface area contributed by atoms with Gasteiger partial charge >= 0.3 is 5.97 Å². The number of carbonyl (C=O) groups excluding carboxylic acids is 1. The third-order valence-electron chi connectivity index (χ3n) is 2.61. The molecule has 1 aliphatic rings. The van der Waals surface area contributed by atoms with E-state index >= 15 is 0 Å². The van der Waals surface area contributed by atoms with Gasteiger partial charge in [0.2, 0.25) is 6.23 Å². The zero-order valence-corrected chi connectivity index (χ0v) is 9.88. The van der Waals surface area contributed by atoms with Crippen LogP contribution in [0.15, 0.2) is 35.7 Å². The van der Waals surface area contributed by atoms with Crippen LogP contribution in [0.3, 0.4) is 0 Å². The van der Waals surface area contributed by atoms with Gasteiger partial charge in [-0.05, 0) is 19.1 Å². The van der Waals surface area contributed by atoms with Gasteiger partial charge in [-0.25, -0.2) is 14.2 Å². The van der Waals surface area contributed by atoms with E-state index in [4.69, 9.17) is 4.74 Å². The van der Waals surface area contributed by atoms with Crippen LogP contribution in [0, 0.1) is 5.82 Å². The highest BCUT2D eigenvalue weighted by molar-refractivity contribution is 5.88. The molecule has 1 aromatic carbocycles. The van der Waals surface area contributed by atoms with Crippen molar-refractivity contribution < 1.29 is 23.9 Å². The standard InChI is InChI=1S/C12H12FNO4/c1-7-10(12(15)17-2)14(16)11(18-7)8-3-5-9(13)6-4-8/h3-6,11,16H,1-2H3. The molecule has 0 fully saturated rings. The Morgan fingerprint density at radius 3 is 2.61 bits per heavy atom. The van der Waals surface area contributed by atoms with Crippen molar-refractivity contribution in [3.63, 3.8) is 0 Å². The maximum absolute atomic E-state index is 12.8. The van der Waals surface area contributed by atoms with Crippen LogP contribution in [-0.4, -0.2) is 23.3 Å². The second kappa shape index (κ2) is 4.66. The van der Waals surface area contributed by atoms with Crippen molar-refractivity contribution in [1.29, 1.82) is 0 Å². The Bertz CT molecular complexity index is 497. The van der Waals surface area contributed by atoms with Crippen molar-refractivity contribution in [3.8, 4) is 0 Å². The molecule has 1 aromatic rings. The summed E-state index contributed by atoms with van der Waals surface area (Å²) in [6.07, 6.45) is -0.875. The molecule has 6 heteroatoms. The molecule has 0 spiro atoms. The van der Waals surface area contributed by atoms with Gasteiger partial charge in [0.15, 0.2) is 5.70 Å². The molecule has 0 saturated heterocycles. The predicted molar refractivity (Wildman–Crippen MR) is 58.6 cm³/mol. The summed E-state index contributed by atoms with van der Waals surface area (Å²) in [5, 5.41) is 10.6. The van der Waals surface area contributed by atoms with Crippen LogP contribution in [-0.2, 0) is 14.3 Å². The van der Waals surface area contributed by atoms with E-state index < -0.39 is 12.2 Å². The van der Waals surface area contributed by atoms with Gasteiger partial charge in [0.25, 0.3) is 0 Å². The molecule has 0 radical (unpaired) electrons. The number of ether oxygens (including phenoxy) is 2. The number of hydrogen-bond donors (Lipinski definition) is 1. The highest BCUT2D eigenvalue weighted by Gasteiger charge is 2.36. The molecular formula is C12H12FNO4. The first-order chi connectivity index (χ1) is 8.54. The number of esters is 1. The summed E-state index contributed by atoms with van der Waals surface area (Å²) in [4.78, 5) is 11.4. The number of allylic oxidation sites excluding steroid dienone is 1. The van der Waals surface area contributed by atoms with Gasteiger partial charge in [-0.1, -0.05) is 12.1 Å². The van der Waals surface area contributed by atoms with Crippen molar-refractivity contribution in [3.05, 3.63) is 47.1 Å². The fourth-order valence-electron chi connectivity index (χ4n) is 1.72. The Kier molecular flexibility index (Phi) is 3.20. The highest BCUT2D eigenvalue weighted by Crippen LogP contribution is 2.35. The Hall–Kier alpha value is -2.08. The number of benzene rings is 1. The molecule has 1 aliphatic heterocycles. The molecule has 2 rings (SSSR count). The molecule has 1 heterocycles. The average molecular weight is 253 g/mol. The van der Waals surface area contributed by atoms with Gasteiger partial charge in [0, 0.05) is 5.56 Å². The van der Waals surface area contributed by atoms with E-state index in [0.717, 1.165) is 0 Å². The van der Waals surface area contributed by atoms with Crippen LogP contribution in [0.2, 0.25) is 0 Å². The second-order valence-corrected chi connectivity index (χ2v) is 3.76. The maximum Gasteiger partial charge on any atom is 0.360 e. The second-order valence-electron chi connectivity index (χ2n) is 3.76. The molecule has 5 nitrogen and oxygen atoms in total. The smallest absolute Gasteiger partial charge is 0.360 e. The molecule has 0 aromatic heterocycles. The van der Waals surface area contributed by atoms with E-state index in [1.807, 2.05) is 0 Å². The number of rotatable bonds is 2. The molecule has 1 atom stereocenters. The van der Waals surface area contributed by atoms with Crippen LogP contribution in [0.5, 0.6) is 0 Å². The lowest BCUT2D eigenvalue weighted by molar-refractivity contribution is -0.166. The summed E-state index contributed by atoms with van der Waals surface area (Å²) in [5.41, 5.74) is 0.462. The molecule has 0 bridgehead atoms. The molecular weight excluding hydrogens is 241 g/mol. The van der Waals surface area contributed by atoms with Crippen LogP contribution in [0.1, 0.15) is 18.7 Å². The molecule has 18 heavy (non-hydrogen) atoms. The largest absolute Gasteiger partial charge is 0.466 e. The number of nitrogens with zero attached hydrogens (tertiary/aromatic N) is 1. The number of methoxy groups -OCH3 is 1. The monoisotopic (exact) mass is 253 g/mol. The summed E-state index contributed by atoms with van der Waals surface area (Å²) in [5.74, 6) is -0.836. The molecule has 0 aliphatic carbocycles. The Balaban J connectivity index is 2.26. The van der Waals surface area contributed by atoms with Crippen molar-refractivity contribution >= 4 is 5.97 Å². The van der Waals surface area contributed by atoms with E-state index in [9.17, 15) is 14.4 Å². The minimum atomic E-state index is -0.875. The van der Waals surface area contributed by atoms with Gasteiger partial charge in [-0.3, -0.25) is 5.21 Å². The minimum Gasteiger partial charge on any atom is -0.466 e. The Morgan fingerprint density at radius 2 is 2.06 bits per heavy atom. The minimum absolute atomic E-state index is 0.0631.